The molecule has 2 N–H and O–H groups in total. The standard InChI is InChI=1S/C7H7NOS/c8-6-1-3-7(4-2-6)9-5-10/h1-5H,8H2. The summed E-state index contributed by atoms with van der Waals surface area (Å²) in [6.07, 6.45) is 0. The van der Waals surface area contributed by atoms with Crippen molar-refractivity contribution in [2.75, 3.05) is 5.73 Å². The van der Waals surface area contributed by atoms with Crippen LogP contribution < -0.4 is 10.5 Å². The van der Waals surface area contributed by atoms with Gasteiger partial charge in [-0.05, 0) is 36.5 Å². The van der Waals surface area contributed by atoms with Crippen LogP contribution >= 0.6 is 12.2 Å². The third-order valence-electron chi connectivity index (χ3n) is 1.06. The lowest BCUT2D eigenvalue weighted by atomic mass is 10.3. The zero-order valence-electron chi connectivity index (χ0n) is 5.28. The van der Waals surface area contributed by atoms with E-state index in [2.05, 4.69) is 12.2 Å². The predicted molar refractivity (Wildman–Crippen MR) is 45.1 cm³/mol. The van der Waals surface area contributed by atoms with Crippen molar-refractivity contribution < 1.29 is 4.74 Å². The number of nitrogens with two attached hydrogens (primary N) is 1. The highest BCUT2D eigenvalue weighted by Crippen LogP contribution is 2.11. The normalized spacial score (nSPS) is 8.80. The number of hydrogen-bond donors (Lipinski definition) is 1. The Morgan fingerprint density at radius 1 is 1.30 bits per heavy atom. The zero-order valence-corrected chi connectivity index (χ0v) is 6.10. The van der Waals surface area contributed by atoms with Crippen LogP contribution in [-0.4, -0.2) is 5.55 Å². The Balaban J connectivity index is 2.78. The maximum atomic E-state index is 5.43. The molecule has 0 atom stereocenters. The van der Waals surface area contributed by atoms with Gasteiger partial charge in [-0.15, -0.1) is 0 Å². The Labute approximate surface area is 64.6 Å². The Morgan fingerprint density at radius 3 is 2.40 bits per heavy atom. The second-order valence-corrected chi connectivity index (χ2v) is 1.98. The highest BCUT2D eigenvalue weighted by Gasteiger charge is 1.87. The SMILES string of the molecule is Nc1ccc(OC=S)cc1. The molecule has 0 bridgehead atoms. The zero-order chi connectivity index (χ0) is 7.40. The van der Waals surface area contributed by atoms with E-state index in [9.17, 15) is 0 Å². The first kappa shape index (κ1) is 7.02. The Hall–Kier alpha value is -1.09. The second-order valence-electron chi connectivity index (χ2n) is 1.78. The van der Waals surface area contributed by atoms with Crippen LogP contribution in [0.15, 0.2) is 24.3 Å². The van der Waals surface area contributed by atoms with Gasteiger partial charge in [-0.3, -0.25) is 0 Å². The van der Waals surface area contributed by atoms with E-state index in [4.69, 9.17) is 10.5 Å². The summed E-state index contributed by atoms with van der Waals surface area (Å²) >= 11 is 4.49. The molecule has 0 fully saturated rings. The molecule has 2 nitrogen and oxygen atoms in total. The van der Waals surface area contributed by atoms with E-state index < -0.39 is 0 Å². The van der Waals surface area contributed by atoms with Gasteiger partial charge >= 0.3 is 0 Å². The van der Waals surface area contributed by atoms with Gasteiger partial charge in [0, 0.05) is 5.69 Å². The van der Waals surface area contributed by atoms with Gasteiger partial charge in [-0.25, -0.2) is 0 Å². The lowest BCUT2D eigenvalue weighted by molar-refractivity contribution is 0.586. The highest BCUT2D eigenvalue weighted by molar-refractivity contribution is 7.78. The summed E-state index contributed by atoms with van der Waals surface area (Å²) in [7, 11) is 0. The number of rotatable bonds is 2. The molecular formula is C7H7NOS. The second kappa shape index (κ2) is 3.17. The average Bonchev–Trinajstić information content (AvgIpc) is 1.95. The van der Waals surface area contributed by atoms with Gasteiger partial charge in [-0.1, -0.05) is 0 Å². The lowest BCUT2D eigenvalue weighted by Gasteiger charge is -1.97. The third-order valence-corrected chi connectivity index (χ3v) is 1.16. The molecule has 0 radical (unpaired) electrons. The van der Waals surface area contributed by atoms with Crippen molar-refractivity contribution >= 4 is 23.5 Å². The molecule has 0 aromatic heterocycles. The van der Waals surface area contributed by atoms with E-state index in [1.807, 2.05) is 0 Å². The largest absolute Gasteiger partial charge is 0.454 e. The van der Waals surface area contributed by atoms with E-state index in [0.29, 0.717) is 5.75 Å². The summed E-state index contributed by atoms with van der Waals surface area (Å²) < 4.78 is 4.90. The summed E-state index contributed by atoms with van der Waals surface area (Å²) in [5, 5.41) is 0. The van der Waals surface area contributed by atoms with E-state index in [0.717, 1.165) is 5.69 Å². The molecule has 0 aliphatic rings. The number of hydrogen-bond acceptors (Lipinski definition) is 3. The van der Waals surface area contributed by atoms with Gasteiger partial charge in [-0.2, -0.15) is 0 Å². The molecular weight excluding hydrogens is 146 g/mol. The number of benzene rings is 1. The van der Waals surface area contributed by atoms with Crippen LogP contribution in [0.1, 0.15) is 0 Å². The van der Waals surface area contributed by atoms with Crippen molar-refractivity contribution in [2.45, 2.75) is 0 Å². The third kappa shape index (κ3) is 1.70. The quantitative estimate of drug-likeness (QED) is 0.518. The fraction of sp³-hybridized carbons (Fsp3) is 0. The lowest BCUT2D eigenvalue weighted by Crippen LogP contribution is -1.87. The van der Waals surface area contributed by atoms with Crippen molar-refractivity contribution in [3.05, 3.63) is 24.3 Å². The van der Waals surface area contributed by atoms with Crippen molar-refractivity contribution in [1.82, 2.24) is 0 Å². The number of ether oxygens (including phenoxy) is 1. The minimum Gasteiger partial charge on any atom is -0.454 e. The Kier molecular flexibility index (Phi) is 2.23. The van der Waals surface area contributed by atoms with Crippen molar-refractivity contribution in [3.63, 3.8) is 0 Å². The molecule has 52 valence electrons. The summed E-state index contributed by atoms with van der Waals surface area (Å²) in [5.74, 6) is 0.712. The first-order valence-corrected chi connectivity index (χ1v) is 3.26. The fourth-order valence-corrected chi connectivity index (χ4v) is 0.713. The minimum absolute atomic E-state index is 0.712. The Bertz CT molecular complexity index is 220. The molecule has 10 heavy (non-hydrogen) atoms. The van der Waals surface area contributed by atoms with Crippen LogP contribution in [0.25, 0.3) is 0 Å². The van der Waals surface area contributed by atoms with Crippen molar-refractivity contribution in [1.29, 1.82) is 0 Å². The van der Waals surface area contributed by atoms with Crippen molar-refractivity contribution in [2.24, 2.45) is 0 Å². The summed E-state index contributed by atoms with van der Waals surface area (Å²) in [4.78, 5) is 0. The first-order chi connectivity index (χ1) is 4.83. The number of anilines is 1. The fourth-order valence-electron chi connectivity index (χ4n) is 0.602. The Morgan fingerprint density at radius 2 is 1.90 bits per heavy atom. The first-order valence-electron chi connectivity index (χ1n) is 2.79. The van der Waals surface area contributed by atoms with Crippen LogP contribution in [0.4, 0.5) is 5.69 Å². The van der Waals surface area contributed by atoms with Crippen LogP contribution in [-0.2, 0) is 0 Å². The smallest absolute Gasteiger partial charge is 0.154 e. The molecule has 0 unspecified atom stereocenters. The van der Waals surface area contributed by atoms with Gasteiger partial charge in [0.25, 0.3) is 0 Å². The summed E-state index contributed by atoms with van der Waals surface area (Å²) in [5.41, 5.74) is 7.36. The van der Waals surface area contributed by atoms with Gasteiger partial charge in [0.2, 0.25) is 0 Å². The topological polar surface area (TPSA) is 35.2 Å². The van der Waals surface area contributed by atoms with E-state index >= 15 is 0 Å². The van der Waals surface area contributed by atoms with Crippen LogP contribution in [0.2, 0.25) is 0 Å². The molecule has 1 rings (SSSR count). The maximum absolute atomic E-state index is 5.43. The van der Waals surface area contributed by atoms with Gasteiger partial charge in [0.1, 0.15) is 5.75 Å². The molecule has 0 saturated heterocycles. The highest BCUT2D eigenvalue weighted by atomic mass is 32.1. The summed E-state index contributed by atoms with van der Waals surface area (Å²) in [6, 6.07) is 7.04. The number of nitrogen functional groups attached to an aromatic ring is 1. The average molecular weight is 153 g/mol. The molecule has 1 aromatic carbocycles. The van der Waals surface area contributed by atoms with Crippen LogP contribution in [0, 0.1) is 0 Å². The molecule has 3 heteroatoms. The summed E-state index contributed by atoms with van der Waals surface area (Å²) in [6.45, 7) is 0. The van der Waals surface area contributed by atoms with Gasteiger partial charge < -0.3 is 10.5 Å². The van der Waals surface area contributed by atoms with Crippen LogP contribution in [0.5, 0.6) is 5.75 Å². The van der Waals surface area contributed by atoms with E-state index in [1.165, 1.54) is 5.55 Å². The van der Waals surface area contributed by atoms with E-state index in [-0.39, 0.29) is 0 Å². The molecule has 0 aliphatic heterocycles. The number of thiocarbonyl (C=S) groups is 1. The molecule has 1 aromatic rings. The minimum atomic E-state index is 0.712. The van der Waals surface area contributed by atoms with Gasteiger partial charge in [0.05, 0.1) is 0 Å². The van der Waals surface area contributed by atoms with Crippen molar-refractivity contribution in [3.8, 4) is 5.75 Å². The monoisotopic (exact) mass is 153 g/mol. The predicted octanol–water partition coefficient (Wildman–Crippen LogP) is 1.60. The van der Waals surface area contributed by atoms with E-state index in [1.54, 1.807) is 24.3 Å². The van der Waals surface area contributed by atoms with Gasteiger partial charge in [0.15, 0.2) is 5.55 Å². The molecule has 0 saturated carbocycles. The maximum Gasteiger partial charge on any atom is 0.154 e. The molecule has 0 amide bonds. The molecule has 0 heterocycles. The van der Waals surface area contributed by atoms with Crippen LogP contribution in [0.3, 0.4) is 0 Å². The molecule has 0 spiro atoms. The molecule has 0 aliphatic carbocycles.